The van der Waals surface area contributed by atoms with Crippen molar-refractivity contribution in [3.8, 4) is 5.75 Å². The molecule has 0 unspecified atom stereocenters. The summed E-state index contributed by atoms with van der Waals surface area (Å²) in [4.78, 5) is 14.5. The van der Waals surface area contributed by atoms with Gasteiger partial charge in [0.05, 0.1) is 18.8 Å². The highest BCUT2D eigenvalue weighted by Crippen LogP contribution is 2.32. The Labute approximate surface area is 148 Å². The summed E-state index contributed by atoms with van der Waals surface area (Å²) >= 11 is 0. The Kier molecular flexibility index (Phi) is 5.58. The van der Waals surface area contributed by atoms with Crippen molar-refractivity contribution in [1.82, 2.24) is 20.0 Å². The molecular weight excluding hydrogens is 316 g/mol. The molecule has 3 rings (SSSR count). The molecule has 1 aromatic heterocycles. The summed E-state index contributed by atoms with van der Waals surface area (Å²) in [7, 11) is 1.90. The number of amides is 2. The highest BCUT2D eigenvalue weighted by Gasteiger charge is 2.29. The first-order valence-electron chi connectivity index (χ1n) is 8.92. The predicted molar refractivity (Wildman–Crippen MR) is 96.6 cm³/mol. The summed E-state index contributed by atoms with van der Waals surface area (Å²) in [6.07, 6.45) is 6.65. The van der Waals surface area contributed by atoms with Gasteiger partial charge >= 0.3 is 6.03 Å². The molecule has 1 N–H and O–H groups in total. The molecule has 1 aromatic carbocycles. The molecule has 0 spiro atoms. The standard InChI is InChI=1S/C19H26N4O2/c1-3-25-17-8-6-16(7-9-17)18-5-4-12-23(18)19(24)20-11-10-15-13-21-22(2)14-15/h6-9,13-14,18H,3-5,10-12H2,1-2H3,(H,20,24)/t18-/m0/s1. The van der Waals surface area contributed by atoms with Crippen molar-refractivity contribution in [1.29, 1.82) is 0 Å². The van der Waals surface area contributed by atoms with Crippen LogP contribution in [0.25, 0.3) is 0 Å². The molecule has 1 aliphatic heterocycles. The molecule has 25 heavy (non-hydrogen) atoms. The Balaban J connectivity index is 1.55. The van der Waals surface area contributed by atoms with Crippen LogP contribution in [0, 0.1) is 0 Å². The van der Waals surface area contributed by atoms with Crippen molar-refractivity contribution in [2.75, 3.05) is 19.7 Å². The van der Waals surface area contributed by atoms with Gasteiger partial charge in [-0.2, -0.15) is 5.10 Å². The van der Waals surface area contributed by atoms with E-state index in [0.717, 1.165) is 37.1 Å². The lowest BCUT2D eigenvalue weighted by atomic mass is 10.0. The number of nitrogens with zero attached hydrogens (tertiary/aromatic N) is 3. The largest absolute Gasteiger partial charge is 0.494 e. The zero-order valence-corrected chi connectivity index (χ0v) is 14.9. The monoisotopic (exact) mass is 342 g/mol. The van der Waals surface area contributed by atoms with Gasteiger partial charge in [-0.3, -0.25) is 4.68 Å². The Morgan fingerprint density at radius 2 is 2.16 bits per heavy atom. The van der Waals surface area contributed by atoms with Crippen LogP contribution < -0.4 is 10.1 Å². The smallest absolute Gasteiger partial charge is 0.317 e. The van der Waals surface area contributed by atoms with Crippen molar-refractivity contribution in [2.45, 2.75) is 32.2 Å². The van der Waals surface area contributed by atoms with E-state index >= 15 is 0 Å². The lowest BCUT2D eigenvalue weighted by Crippen LogP contribution is -2.40. The molecular formula is C19H26N4O2. The summed E-state index contributed by atoms with van der Waals surface area (Å²) in [5.74, 6) is 0.872. The molecule has 6 nitrogen and oxygen atoms in total. The number of rotatable bonds is 6. The van der Waals surface area contributed by atoms with Crippen LogP contribution in [-0.4, -0.2) is 40.4 Å². The summed E-state index contributed by atoms with van der Waals surface area (Å²) in [6.45, 7) is 4.06. The second-order valence-corrected chi connectivity index (χ2v) is 6.36. The van der Waals surface area contributed by atoms with E-state index in [4.69, 9.17) is 4.74 Å². The van der Waals surface area contributed by atoms with E-state index in [1.165, 1.54) is 5.56 Å². The maximum absolute atomic E-state index is 12.6. The van der Waals surface area contributed by atoms with Crippen LogP contribution in [0.5, 0.6) is 5.75 Å². The predicted octanol–water partition coefficient (Wildman–Crippen LogP) is 2.91. The number of benzene rings is 1. The van der Waals surface area contributed by atoms with Gasteiger partial charge < -0.3 is 15.0 Å². The second kappa shape index (κ2) is 8.05. The number of hydrogen-bond donors (Lipinski definition) is 1. The molecule has 0 aliphatic carbocycles. The Hall–Kier alpha value is -2.50. The average molecular weight is 342 g/mol. The van der Waals surface area contributed by atoms with Gasteiger partial charge in [-0.25, -0.2) is 4.79 Å². The number of carbonyl (C=O) groups is 1. The van der Waals surface area contributed by atoms with E-state index in [1.807, 2.05) is 43.4 Å². The van der Waals surface area contributed by atoms with Crippen molar-refractivity contribution in [3.05, 3.63) is 47.8 Å². The normalized spacial score (nSPS) is 16.9. The van der Waals surface area contributed by atoms with E-state index in [-0.39, 0.29) is 12.1 Å². The fourth-order valence-corrected chi connectivity index (χ4v) is 3.33. The van der Waals surface area contributed by atoms with Gasteiger partial charge in [-0.05, 0) is 49.4 Å². The Morgan fingerprint density at radius 3 is 2.84 bits per heavy atom. The number of urea groups is 1. The maximum Gasteiger partial charge on any atom is 0.317 e. The lowest BCUT2D eigenvalue weighted by Gasteiger charge is -2.25. The topological polar surface area (TPSA) is 59.4 Å². The van der Waals surface area contributed by atoms with Crippen molar-refractivity contribution >= 4 is 6.03 Å². The van der Waals surface area contributed by atoms with Crippen LogP contribution in [0.2, 0.25) is 0 Å². The van der Waals surface area contributed by atoms with Crippen LogP contribution in [0.1, 0.15) is 36.9 Å². The molecule has 1 saturated heterocycles. The average Bonchev–Trinajstić information content (AvgIpc) is 3.25. The molecule has 2 heterocycles. The highest BCUT2D eigenvalue weighted by molar-refractivity contribution is 5.75. The number of ether oxygens (including phenoxy) is 1. The van der Waals surface area contributed by atoms with Crippen LogP contribution in [0.4, 0.5) is 4.79 Å². The third-order valence-electron chi connectivity index (χ3n) is 4.54. The first-order chi connectivity index (χ1) is 12.2. The van der Waals surface area contributed by atoms with Gasteiger partial charge in [0.2, 0.25) is 0 Å². The maximum atomic E-state index is 12.6. The van der Waals surface area contributed by atoms with Gasteiger partial charge in [0.1, 0.15) is 5.75 Å². The third kappa shape index (κ3) is 4.32. The zero-order chi connectivity index (χ0) is 17.6. The third-order valence-corrected chi connectivity index (χ3v) is 4.54. The van der Waals surface area contributed by atoms with Crippen LogP contribution >= 0.6 is 0 Å². The van der Waals surface area contributed by atoms with E-state index in [0.29, 0.717) is 13.2 Å². The molecule has 2 amide bonds. The molecule has 0 radical (unpaired) electrons. The molecule has 134 valence electrons. The molecule has 1 fully saturated rings. The lowest BCUT2D eigenvalue weighted by molar-refractivity contribution is 0.193. The molecule has 0 bridgehead atoms. The van der Waals surface area contributed by atoms with Gasteiger partial charge in [-0.1, -0.05) is 12.1 Å². The van der Waals surface area contributed by atoms with Gasteiger partial charge in [0.25, 0.3) is 0 Å². The van der Waals surface area contributed by atoms with E-state index in [1.54, 1.807) is 4.68 Å². The summed E-state index contributed by atoms with van der Waals surface area (Å²) in [5.41, 5.74) is 2.30. The Bertz CT molecular complexity index is 696. The summed E-state index contributed by atoms with van der Waals surface area (Å²) in [6, 6.07) is 8.26. The van der Waals surface area contributed by atoms with E-state index in [2.05, 4.69) is 22.5 Å². The minimum absolute atomic E-state index is 0.0141. The van der Waals surface area contributed by atoms with E-state index in [9.17, 15) is 4.79 Å². The SMILES string of the molecule is CCOc1ccc([C@@H]2CCCN2C(=O)NCCc2cnn(C)c2)cc1. The van der Waals surface area contributed by atoms with Gasteiger partial charge in [0.15, 0.2) is 0 Å². The second-order valence-electron chi connectivity index (χ2n) is 6.36. The van der Waals surface area contributed by atoms with Crippen LogP contribution in [-0.2, 0) is 13.5 Å². The molecule has 2 aromatic rings. The molecule has 6 heteroatoms. The fraction of sp³-hybridized carbons (Fsp3) is 0.474. The Morgan fingerprint density at radius 1 is 1.36 bits per heavy atom. The van der Waals surface area contributed by atoms with E-state index < -0.39 is 0 Å². The molecule has 1 aliphatic rings. The summed E-state index contributed by atoms with van der Waals surface area (Å²) in [5, 5.41) is 7.19. The van der Waals surface area contributed by atoms with Crippen molar-refractivity contribution in [2.24, 2.45) is 7.05 Å². The molecule has 1 atom stereocenters. The first-order valence-corrected chi connectivity index (χ1v) is 8.92. The van der Waals surface area contributed by atoms with Gasteiger partial charge in [0, 0.05) is 26.3 Å². The number of likely N-dealkylation sites (tertiary alicyclic amines) is 1. The van der Waals surface area contributed by atoms with Crippen molar-refractivity contribution in [3.63, 3.8) is 0 Å². The minimum atomic E-state index is 0.0141. The zero-order valence-electron chi connectivity index (χ0n) is 14.9. The highest BCUT2D eigenvalue weighted by atomic mass is 16.5. The van der Waals surface area contributed by atoms with Crippen LogP contribution in [0.15, 0.2) is 36.7 Å². The summed E-state index contributed by atoms with van der Waals surface area (Å²) < 4.78 is 7.27. The van der Waals surface area contributed by atoms with Gasteiger partial charge in [-0.15, -0.1) is 0 Å². The quantitative estimate of drug-likeness (QED) is 0.878. The molecule has 0 saturated carbocycles. The number of aromatic nitrogens is 2. The van der Waals surface area contributed by atoms with Crippen LogP contribution in [0.3, 0.4) is 0 Å². The first kappa shape index (κ1) is 17.3. The van der Waals surface area contributed by atoms with Crippen molar-refractivity contribution < 1.29 is 9.53 Å². The minimum Gasteiger partial charge on any atom is -0.494 e. The number of carbonyl (C=O) groups excluding carboxylic acids is 1. The number of nitrogens with one attached hydrogen (secondary N) is 1. The fourth-order valence-electron chi connectivity index (χ4n) is 3.33. The number of hydrogen-bond acceptors (Lipinski definition) is 3. The number of aryl methyl sites for hydroxylation is 1.